The highest BCUT2D eigenvalue weighted by Gasteiger charge is 2.60. The largest absolute Gasteiger partial charge is 0.494 e. The van der Waals surface area contributed by atoms with Crippen LogP contribution < -0.4 is 0 Å². The summed E-state index contributed by atoms with van der Waals surface area (Å²) in [7, 11) is 0. The molecule has 162 valence electrons. The van der Waals surface area contributed by atoms with Crippen molar-refractivity contribution in [1.29, 1.82) is 0 Å². The lowest BCUT2D eigenvalue weighted by Gasteiger charge is -2.42. The second-order valence-corrected chi connectivity index (χ2v) is 9.99. The average molecular weight is 421 g/mol. The number of carbonyl (C=O) groups is 1. The second-order valence-electron chi connectivity index (χ2n) is 9.99. The van der Waals surface area contributed by atoms with E-state index in [1.165, 1.54) is 11.1 Å². The summed E-state index contributed by atoms with van der Waals surface area (Å²) in [4.78, 5) is 23.8. The van der Waals surface area contributed by atoms with Gasteiger partial charge in [-0.3, -0.25) is 4.79 Å². The molecule has 1 amide bonds. The summed E-state index contributed by atoms with van der Waals surface area (Å²) < 4.78 is 12.9. The van der Waals surface area contributed by atoms with Crippen LogP contribution >= 0.6 is 0 Å². The molecule has 0 radical (unpaired) electrons. The normalized spacial score (nSPS) is 31.4. The van der Waals surface area contributed by atoms with Gasteiger partial charge in [0.1, 0.15) is 0 Å². The van der Waals surface area contributed by atoms with Crippen LogP contribution in [0, 0.1) is 5.92 Å². The van der Waals surface area contributed by atoms with Crippen LogP contribution in [0.1, 0.15) is 37.8 Å². The van der Waals surface area contributed by atoms with Crippen LogP contribution in [0.25, 0.3) is 0 Å². The zero-order valence-electron chi connectivity index (χ0n) is 17.9. The van der Waals surface area contributed by atoms with E-state index in [1.54, 1.807) is 6.08 Å². The minimum absolute atomic E-state index is 0.0718. The van der Waals surface area contributed by atoms with Crippen LogP contribution in [0.4, 0.5) is 0 Å². The van der Waals surface area contributed by atoms with Gasteiger partial charge in [0.25, 0.3) is 11.9 Å². The summed E-state index contributed by atoms with van der Waals surface area (Å²) >= 11 is 0. The third kappa shape index (κ3) is 2.72. The van der Waals surface area contributed by atoms with E-state index in [-0.39, 0.29) is 29.4 Å². The molecule has 4 aliphatic heterocycles. The van der Waals surface area contributed by atoms with Crippen molar-refractivity contribution < 1.29 is 19.4 Å². The molecule has 0 bridgehead atoms. The van der Waals surface area contributed by atoms with E-state index >= 15 is 0 Å². The van der Waals surface area contributed by atoms with E-state index in [2.05, 4.69) is 33.1 Å². The summed E-state index contributed by atoms with van der Waals surface area (Å²) in [5.41, 5.74) is 0.706. The number of ether oxygens (including phenoxy) is 2. The first kappa shape index (κ1) is 19.0. The molecule has 0 saturated carbocycles. The molecule has 2 atom stereocenters. The highest BCUT2D eigenvalue weighted by atomic mass is 16.5. The van der Waals surface area contributed by atoms with Crippen LogP contribution in [-0.2, 0) is 27.1 Å². The fraction of sp³-hybridized carbons (Fsp3) is 0.542. The van der Waals surface area contributed by atoms with Crippen molar-refractivity contribution in [2.45, 2.75) is 62.4 Å². The Kier molecular flexibility index (Phi) is 3.80. The van der Waals surface area contributed by atoms with Gasteiger partial charge in [0.05, 0.1) is 17.2 Å². The van der Waals surface area contributed by atoms with Crippen molar-refractivity contribution in [2.24, 2.45) is 15.9 Å². The average Bonchev–Trinajstić information content (AvgIpc) is 3.33. The molecule has 7 heteroatoms. The molecule has 4 heterocycles. The Bertz CT molecular complexity index is 1020. The lowest BCUT2D eigenvalue weighted by Crippen LogP contribution is -2.51. The van der Waals surface area contributed by atoms with E-state index in [1.807, 2.05) is 26.0 Å². The van der Waals surface area contributed by atoms with Gasteiger partial charge < -0.3 is 19.5 Å². The maximum atomic E-state index is 12.9. The van der Waals surface area contributed by atoms with Crippen molar-refractivity contribution in [3.8, 4) is 0 Å². The zero-order valence-corrected chi connectivity index (χ0v) is 17.9. The van der Waals surface area contributed by atoms with Gasteiger partial charge in [-0.2, -0.15) is 4.99 Å². The van der Waals surface area contributed by atoms with Crippen LogP contribution in [0.2, 0.25) is 0 Å². The molecule has 2 unspecified atom stereocenters. The molecular weight excluding hydrogens is 394 g/mol. The number of fused-ring (bicyclic) bond motifs is 3. The first-order chi connectivity index (χ1) is 14.8. The third-order valence-corrected chi connectivity index (χ3v) is 7.67. The zero-order chi connectivity index (χ0) is 21.4. The summed E-state index contributed by atoms with van der Waals surface area (Å²) in [6.07, 6.45) is 6.49. The van der Waals surface area contributed by atoms with Crippen molar-refractivity contribution in [2.75, 3.05) is 13.1 Å². The molecule has 5 aliphatic rings. The summed E-state index contributed by atoms with van der Waals surface area (Å²) in [5, 5.41) is 9.89. The highest BCUT2D eigenvalue weighted by Crippen LogP contribution is 2.51. The topological polar surface area (TPSA) is 83.7 Å². The van der Waals surface area contributed by atoms with Gasteiger partial charge in [0, 0.05) is 31.8 Å². The Labute approximate surface area is 181 Å². The monoisotopic (exact) mass is 421 g/mol. The quantitative estimate of drug-likeness (QED) is 0.696. The van der Waals surface area contributed by atoms with Gasteiger partial charge in [-0.25, -0.2) is 4.99 Å². The molecule has 2 saturated heterocycles. The fourth-order valence-corrected chi connectivity index (χ4v) is 6.14. The SMILES string of the molecule is CC1(C)OC2(CCN(C3=NC(=O)C4(Cc5ccccc5C4)O3)CC2)C2C=CC(O)=NC21. The molecule has 1 aromatic rings. The van der Waals surface area contributed by atoms with Crippen LogP contribution in [0.3, 0.4) is 0 Å². The Morgan fingerprint density at radius 2 is 1.81 bits per heavy atom. The Morgan fingerprint density at radius 1 is 1.13 bits per heavy atom. The molecule has 6 rings (SSSR count). The lowest BCUT2D eigenvalue weighted by atomic mass is 9.75. The molecule has 1 aromatic carbocycles. The molecule has 2 spiro atoms. The van der Waals surface area contributed by atoms with Gasteiger partial charge in [0.2, 0.25) is 11.5 Å². The molecule has 1 aliphatic carbocycles. The molecule has 31 heavy (non-hydrogen) atoms. The number of hydrogen-bond acceptors (Lipinski definition) is 5. The molecule has 7 nitrogen and oxygen atoms in total. The van der Waals surface area contributed by atoms with Gasteiger partial charge in [-0.1, -0.05) is 30.3 Å². The van der Waals surface area contributed by atoms with E-state index in [0.717, 1.165) is 12.8 Å². The summed E-state index contributed by atoms with van der Waals surface area (Å²) in [6, 6.07) is 8.50. The second kappa shape index (κ2) is 6.19. The minimum atomic E-state index is -0.872. The molecule has 0 aromatic heterocycles. The van der Waals surface area contributed by atoms with Crippen LogP contribution in [-0.4, -0.2) is 63.8 Å². The van der Waals surface area contributed by atoms with Crippen molar-refractivity contribution in [3.05, 3.63) is 47.5 Å². The van der Waals surface area contributed by atoms with Crippen LogP contribution in [0.5, 0.6) is 0 Å². The Balaban J connectivity index is 1.18. The minimum Gasteiger partial charge on any atom is -0.494 e. The Hall–Kier alpha value is -2.67. The molecule has 1 N–H and O–H groups in total. The number of hydrogen-bond donors (Lipinski definition) is 1. The van der Waals surface area contributed by atoms with Crippen LogP contribution in [0.15, 0.2) is 46.4 Å². The first-order valence-electron chi connectivity index (χ1n) is 11.1. The fourth-order valence-electron chi connectivity index (χ4n) is 6.14. The van der Waals surface area contributed by atoms with Gasteiger partial charge in [-0.15, -0.1) is 0 Å². The number of amidine groups is 1. The number of aliphatic imine (C=N–C) groups is 2. The van der Waals surface area contributed by atoms with E-state index in [9.17, 15) is 9.90 Å². The number of amides is 1. The standard InChI is InChI=1S/C24H27N3O4/c1-22(2)19-17(7-8-18(28)25-19)23(31-22)9-11-27(12-10-23)21-26-20(29)24(30-21)13-15-5-3-4-6-16(15)14-24/h3-8,17,19H,9-14H2,1-2H3,(H,25,28). The highest BCUT2D eigenvalue weighted by molar-refractivity contribution is 6.02. The first-order valence-corrected chi connectivity index (χ1v) is 11.1. The third-order valence-electron chi connectivity index (χ3n) is 7.67. The Morgan fingerprint density at radius 3 is 2.48 bits per heavy atom. The number of aliphatic hydroxyl groups is 1. The van der Waals surface area contributed by atoms with Gasteiger partial charge in [0.15, 0.2) is 0 Å². The van der Waals surface area contributed by atoms with E-state index in [4.69, 9.17) is 9.47 Å². The van der Waals surface area contributed by atoms with Crippen molar-refractivity contribution >= 4 is 17.8 Å². The van der Waals surface area contributed by atoms with Crippen molar-refractivity contribution in [3.63, 3.8) is 0 Å². The maximum absolute atomic E-state index is 12.9. The van der Waals surface area contributed by atoms with Crippen molar-refractivity contribution in [1.82, 2.24) is 4.90 Å². The number of likely N-dealkylation sites (tertiary alicyclic amines) is 1. The van der Waals surface area contributed by atoms with Gasteiger partial charge >= 0.3 is 0 Å². The predicted molar refractivity (Wildman–Crippen MR) is 115 cm³/mol. The summed E-state index contributed by atoms with van der Waals surface area (Å²) in [6.45, 7) is 5.51. The predicted octanol–water partition coefficient (Wildman–Crippen LogP) is 2.59. The lowest BCUT2D eigenvalue weighted by molar-refractivity contribution is -0.131. The number of benzene rings is 1. The number of carbonyl (C=O) groups excluding carboxylic acids is 1. The number of rotatable bonds is 0. The number of dihydropyridines is 1. The summed E-state index contributed by atoms with van der Waals surface area (Å²) in [5.74, 6) is 0.0316. The van der Waals surface area contributed by atoms with Gasteiger partial charge in [-0.05, 0) is 43.9 Å². The number of nitrogens with zero attached hydrogens (tertiary/aromatic N) is 3. The number of piperidine rings is 1. The molecular formula is C24H27N3O4. The molecule has 2 fully saturated rings. The van der Waals surface area contributed by atoms with E-state index in [0.29, 0.717) is 32.0 Å². The smallest absolute Gasteiger partial charge is 0.296 e. The maximum Gasteiger partial charge on any atom is 0.296 e. The number of aliphatic hydroxyl groups excluding tert-OH is 1. The van der Waals surface area contributed by atoms with E-state index < -0.39 is 11.2 Å².